The first kappa shape index (κ1) is 20.2. The van der Waals surface area contributed by atoms with Crippen molar-refractivity contribution in [3.8, 4) is 23.0 Å². The molecule has 0 spiro atoms. The van der Waals surface area contributed by atoms with Crippen LogP contribution in [0.4, 0.5) is 4.79 Å². The molecule has 4 rings (SSSR count). The zero-order valence-corrected chi connectivity index (χ0v) is 16.9. The summed E-state index contributed by atoms with van der Waals surface area (Å²) in [6.07, 6.45) is 2.41. The van der Waals surface area contributed by atoms with Gasteiger partial charge in [0.25, 0.3) is 0 Å². The van der Waals surface area contributed by atoms with Crippen LogP contribution in [0, 0.1) is 11.8 Å². The molecule has 0 aliphatic heterocycles. The average molecular weight is 412 g/mol. The lowest BCUT2D eigenvalue weighted by atomic mass is 9.98. The first-order valence-corrected chi connectivity index (χ1v) is 9.78. The van der Waals surface area contributed by atoms with Gasteiger partial charge in [-0.2, -0.15) is 0 Å². The standard InChI is InChI=1S/C25H20N2O4/c1-30-24(28)18-13-17(14-26-15-18)7-6-12-27-25(29)31-16-23-21-10-4-2-8-19(21)20-9-3-5-11-22(20)23/h2-5,8-11,13-15,23H,12,16H2,1H3,(H,27,29). The van der Waals surface area contributed by atoms with Gasteiger partial charge in [0.15, 0.2) is 0 Å². The van der Waals surface area contributed by atoms with Crippen LogP contribution in [0.15, 0.2) is 67.0 Å². The number of hydrogen-bond acceptors (Lipinski definition) is 5. The highest BCUT2D eigenvalue weighted by molar-refractivity contribution is 5.89. The van der Waals surface area contributed by atoms with Gasteiger partial charge in [0.05, 0.1) is 19.2 Å². The molecular weight excluding hydrogens is 392 g/mol. The summed E-state index contributed by atoms with van der Waals surface area (Å²) >= 11 is 0. The van der Waals surface area contributed by atoms with E-state index in [1.807, 2.05) is 24.3 Å². The van der Waals surface area contributed by atoms with Crippen LogP contribution < -0.4 is 5.32 Å². The van der Waals surface area contributed by atoms with E-state index in [1.54, 1.807) is 6.07 Å². The summed E-state index contributed by atoms with van der Waals surface area (Å²) < 4.78 is 10.1. The number of amides is 1. The van der Waals surface area contributed by atoms with Crippen LogP contribution in [0.5, 0.6) is 0 Å². The van der Waals surface area contributed by atoms with E-state index in [4.69, 9.17) is 4.74 Å². The third kappa shape index (κ3) is 4.41. The Balaban J connectivity index is 1.33. The molecule has 1 heterocycles. The van der Waals surface area contributed by atoms with Gasteiger partial charge in [-0.15, -0.1) is 0 Å². The van der Waals surface area contributed by atoms with E-state index in [0.717, 1.165) is 11.1 Å². The highest BCUT2D eigenvalue weighted by Crippen LogP contribution is 2.44. The zero-order valence-electron chi connectivity index (χ0n) is 16.9. The lowest BCUT2D eigenvalue weighted by Crippen LogP contribution is -2.26. The van der Waals surface area contributed by atoms with E-state index >= 15 is 0 Å². The van der Waals surface area contributed by atoms with Crippen molar-refractivity contribution in [2.45, 2.75) is 5.92 Å². The SMILES string of the molecule is COC(=O)c1cncc(C#CCNC(=O)OCC2c3ccccc3-c3ccccc32)c1. The summed E-state index contributed by atoms with van der Waals surface area (Å²) in [5, 5.41) is 2.63. The molecule has 1 N–H and O–H groups in total. The minimum absolute atomic E-state index is 0.0105. The molecule has 31 heavy (non-hydrogen) atoms. The summed E-state index contributed by atoms with van der Waals surface area (Å²) in [5.74, 6) is 5.21. The molecule has 0 radical (unpaired) electrons. The molecule has 6 nitrogen and oxygen atoms in total. The fraction of sp³-hybridized carbons (Fsp3) is 0.160. The quantitative estimate of drug-likeness (QED) is 0.522. The third-order valence-electron chi connectivity index (χ3n) is 5.06. The zero-order chi connectivity index (χ0) is 21.6. The normalized spacial score (nSPS) is 11.5. The second-order valence-corrected chi connectivity index (χ2v) is 6.93. The number of carbonyl (C=O) groups excluding carboxylic acids is 2. The number of fused-ring (bicyclic) bond motifs is 3. The van der Waals surface area contributed by atoms with Gasteiger partial charge in [0, 0.05) is 23.9 Å². The van der Waals surface area contributed by atoms with E-state index in [2.05, 4.69) is 51.1 Å². The number of benzene rings is 2. The summed E-state index contributed by atoms with van der Waals surface area (Å²) in [6, 6.07) is 17.9. The molecule has 0 fully saturated rings. The summed E-state index contributed by atoms with van der Waals surface area (Å²) in [4.78, 5) is 27.6. The van der Waals surface area contributed by atoms with Crippen molar-refractivity contribution in [1.82, 2.24) is 10.3 Å². The number of alkyl carbamates (subject to hydrolysis) is 1. The molecule has 2 aromatic carbocycles. The minimum atomic E-state index is -0.530. The van der Waals surface area contributed by atoms with Crippen molar-refractivity contribution in [3.05, 3.63) is 89.2 Å². The van der Waals surface area contributed by atoms with E-state index in [1.165, 1.54) is 30.6 Å². The highest BCUT2D eigenvalue weighted by atomic mass is 16.5. The number of pyridine rings is 1. The molecule has 0 atom stereocenters. The smallest absolute Gasteiger partial charge is 0.407 e. The lowest BCUT2D eigenvalue weighted by Gasteiger charge is -2.14. The molecule has 154 valence electrons. The number of rotatable bonds is 4. The van der Waals surface area contributed by atoms with Gasteiger partial charge in [-0.05, 0) is 28.3 Å². The van der Waals surface area contributed by atoms with Gasteiger partial charge in [0.2, 0.25) is 0 Å². The Morgan fingerprint density at radius 2 is 1.71 bits per heavy atom. The monoisotopic (exact) mass is 412 g/mol. The van der Waals surface area contributed by atoms with Crippen LogP contribution in [0.1, 0.15) is 33.0 Å². The molecule has 0 unspecified atom stereocenters. The Labute approximate surface area is 180 Å². The number of esters is 1. The van der Waals surface area contributed by atoms with E-state index in [9.17, 15) is 9.59 Å². The number of aromatic nitrogens is 1. The van der Waals surface area contributed by atoms with Gasteiger partial charge in [-0.3, -0.25) is 4.98 Å². The van der Waals surface area contributed by atoms with Crippen LogP contribution in [-0.4, -0.2) is 37.3 Å². The number of carbonyl (C=O) groups is 2. The van der Waals surface area contributed by atoms with Crippen LogP contribution >= 0.6 is 0 Å². The molecule has 1 aromatic heterocycles. The Kier molecular flexibility index (Phi) is 5.95. The van der Waals surface area contributed by atoms with Crippen molar-refractivity contribution in [2.75, 3.05) is 20.3 Å². The number of nitrogens with zero attached hydrogens (tertiary/aromatic N) is 1. The Hall–Kier alpha value is -4.11. The second-order valence-electron chi connectivity index (χ2n) is 6.93. The van der Waals surface area contributed by atoms with Crippen molar-refractivity contribution >= 4 is 12.1 Å². The fourth-order valence-electron chi connectivity index (χ4n) is 3.65. The van der Waals surface area contributed by atoms with Gasteiger partial charge < -0.3 is 14.8 Å². The lowest BCUT2D eigenvalue weighted by molar-refractivity contribution is 0.0600. The van der Waals surface area contributed by atoms with Gasteiger partial charge >= 0.3 is 12.1 Å². The number of hydrogen-bond donors (Lipinski definition) is 1. The van der Waals surface area contributed by atoms with Gasteiger partial charge in [-0.25, -0.2) is 9.59 Å². The molecule has 1 aliphatic carbocycles. The second kappa shape index (κ2) is 9.14. The fourth-order valence-corrected chi connectivity index (χ4v) is 3.65. The van der Waals surface area contributed by atoms with Crippen molar-refractivity contribution in [2.24, 2.45) is 0 Å². The third-order valence-corrected chi connectivity index (χ3v) is 5.06. The maximum atomic E-state index is 12.1. The highest BCUT2D eigenvalue weighted by Gasteiger charge is 2.28. The minimum Gasteiger partial charge on any atom is -0.465 e. The van der Waals surface area contributed by atoms with Gasteiger partial charge in [0.1, 0.15) is 6.61 Å². The first-order valence-electron chi connectivity index (χ1n) is 9.78. The first-order chi connectivity index (χ1) is 15.2. The molecule has 3 aromatic rings. The van der Waals surface area contributed by atoms with E-state index < -0.39 is 12.1 Å². The Bertz CT molecular complexity index is 1150. The average Bonchev–Trinajstić information content (AvgIpc) is 3.14. The molecular formula is C25H20N2O4. The molecule has 1 aliphatic rings. The molecule has 1 amide bonds. The maximum Gasteiger partial charge on any atom is 0.407 e. The van der Waals surface area contributed by atoms with Crippen LogP contribution in [0.3, 0.4) is 0 Å². The van der Waals surface area contributed by atoms with E-state index in [-0.39, 0.29) is 19.1 Å². The topological polar surface area (TPSA) is 77.5 Å². The Morgan fingerprint density at radius 3 is 2.39 bits per heavy atom. The van der Waals surface area contributed by atoms with Crippen LogP contribution in [0.25, 0.3) is 11.1 Å². The molecule has 0 saturated heterocycles. The van der Waals surface area contributed by atoms with Crippen molar-refractivity contribution in [1.29, 1.82) is 0 Å². The Morgan fingerprint density at radius 1 is 1.03 bits per heavy atom. The van der Waals surface area contributed by atoms with Gasteiger partial charge in [-0.1, -0.05) is 60.4 Å². The van der Waals surface area contributed by atoms with Crippen molar-refractivity contribution in [3.63, 3.8) is 0 Å². The molecule has 6 heteroatoms. The van der Waals surface area contributed by atoms with Crippen LogP contribution in [0.2, 0.25) is 0 Å². The van der Waals surface area contributed by atoms with Crippen molar-refractivity contribution < 1.29 is 19.1 Å². The largest absolute Gasteiger partial charge is 0.465 e. The summed E-state index contributed by atoms with van der Waals surface area (Å²) in [6.45, 7) is 0.359. The predicted molar refractivity (Wildman–Crippen MR) is 116 cm³/mol. The maximum absolute atomic E-state index is 12.1. The number of ether oxygens (including phenoxy) is 2. The number of nitrogens with one attached hydrogen (secondary N) is 1. The molecule has 0 bridgehead atoms. The summed E-state index contributed by atoms with van der Waals surface area (Å²) in [7, 11) is 1.30. The van der Waals surface area contributed by atoms with E-state index in [0.29, 0.717) is 11.1 Å². The van der Waals surface area contributed by atoms with Crippen LogP contribution in [-0.2, 0) is 9.47 Å². The summed E-state index contributed by atoms with van der Waals surface area (Å²) in [5.41, 5.74) is 5.56. The number of methoxy groups -OCH3 is 1. The molecule has 0 saturated carbocycles. The predicted octanol–water partition coefficient (Wildman–Crippen LogP) is 3.76.